The fraction of sp³-hybridized carbons (Fsp3) is 0.0800. The Balaban J connectivity index is 1.98. The molecule has 3 aromatic carbocycles. The van der Waals surface area contributed by atoms with Crippen molar-refractivity contribution in [1.82, 2.24) is 4.57 Å². The minimum Gasteiger partial charge on any atom is -0.335 e. The molecular weight excluding hydrogens is 330 g/mol. The van der Waals surface area contributed by atoms with Gasteiger partial charge in [-0.3, -0.25) is 4.79 Å². The normalized spacial score (nSPS) is 10.7. The first-order valence-corrected chi connectivity index (χ1v) is 9.13. The van der Waals surface area contributed by atoms with E-state index < -0.39 is 0 Å². The average molecular weight is 351 g/mol. The summed E-state index contributed by atoms with van der Waals surface area (Å²) >= 11 is 0. The molecule has 2 heteroatoms. The number of hydrogen-bond donors (Lipinski definition) is 0. The van der Waals surface area contributed by atoms with Crippen molar-refractivity contribution in [3.63, 3.8) is 0 Å². The van der Waals surface area contributed by atoms with Crippen molar-refractivity contribution >= 4 is 5.78 Å². The topological polar surface area (TPSA) is 22.0 Å². The van der Waals surface area contributed by atoms with Crippen LogP contribution in [0.3, 0.4) is 0 Å². The van der Waals surface area contributed by atoms with Crippen LogP contribution in [0.5, 0.6) is 0 Å². The summed E-state index contributed by atoms with van der Waals surface area (Å²) in [5.41, 5.74) is 6.17. The second kappa shape index (κ2) is 7.46. The number of ketones is 1. The van der Waals surface area contributed by atoms with Crippen molar-refractivity contribution in [2.24, 2.45) is 0 Å². The Morgan fingerprint density at radius 2 is 1.26 bits per heavy atom. The Kier molecular flexibility index (Phi) is 4.71. The highest BCUT2D eigenvalue weighted by Crippen LogP contribution is 2.34. The zero-order chi connectivity index (χ0) is 18.6. The van der Waals surface area contributed by atoms with Crippen LogP contribution >= 0.6 is 0 Å². The van der Waals surface area contributed by atoms with Crippen LogP contribution in [0, 0.1) is 0 Å². The molecule has 2 nitrogen and oxygen atoms in total. The van der Waals surface area contributed by atoms with Gasteiger partial charge in [0.2, 0.25) is 0 Å². The van der Waals surface area contributed by atoms with Gasteiger partial charge in [0.25, 0.3) is 0 Å². The van der Waals surface area contributed by atoms with Gasteiger partial charge in [0, 0.05) is 17.8 Å². The zero-order valence-electron chi connectivity index (χ0n) is 15.3. The molecule has 1 heterocycles. The van der Waals surface area contributed by atoms with Crippen LogP contribution in [0.25, 0.3) is 22.5 Å². The molecule has 0 bridgehead atoms. The number of rotatable bonds is 5. The third-order valence-electron chi connectivity index (χ3n) is 4.78. The lowest BCUT2D eigenvalue weighted by Gasteiger charge is -2.15. The van der Waals surface area contributed by atoms with E-state index in [0.29, 0.717) is 6.54 Å². The van der Waals surface area contributed by atoms with Crippen LogP contribution in [0.15, 0.2) is 97.1 Å². The van der Waals surface area contributed by atoms with E-state index in [1.165, 1.54) is 5.56 Å². The molecule has 4 aromatic rings. The summed E-state index contributed by atoms with van der Waals surface area (Å²) in [5, 5.41) is 0. The van der Waals surface area contributed by atoms with Crippen LogP contribution in [0.2, 0.25) is 0 Å². The van der Waals surface area contributed by atoms with Gasteiger partial charge in [0.15, 0.2) is 5.78 Å². The Labute approximate surface area is 159 Å². The van der Waals surface area contributed by atoms with Crippen molar-refractivity contribution in [3.05, 3.63) is 108 Å². The Morgan fingerprint density at radius 3 is 1.81 bits per heavy atom. The highest BCUT2D eigenvalue weighted by molar-refractivity contribution is 6.02. The highest BCUT2D eigenvalue weighted by atomic mass is 16.1. The Morgan fingerprint density at radius 1 is 0.741 bits per heavy atom. The van der Waals surface area contributed by atoms with Gasteiger partial charge in [-0.2, -0.15) is 0 Å². The molecule has 0 unspecified atom stereocenters. The predicted octanol–water partition coefficient (Wildman–Crippen LogP) is 6.07. The molecule has 27 heavy (non-hydrogen) atoms. The number of benzene rings is 3. The van der Waals surface area contributed by atoms with Crippen LogP contribution in [0.1, 0.15) is 22.8 Å². The standard InChI is InChI=1S/C25H21NO/c1-19(27)23-17-24(21-13-7-3-8-14-21)26(18-20-11-5-2-6-12-20)25(23)22-15-9-4-10-16-22/h2-17H,18H2,1H3. The van der Waals surface area contributed by atoms with Gasteiger partial charge < -0.3 is 4.57 Å². The maximum atomic E-state index is 12.5. The number of carbonyl (C=O) groups excluding carboxylic acids is 1. The number of aromatic nitrogens is 1. The summed E-state index contributed by atoms with van der Waals surface area (Å²) in [6.07, 6.45) is 0. The molecule has 0 atom stereocenters. The average Bonchev–Trinajstić information content (AvgIpc) is 3.09. The number of carbonyl (C=O) groups is 1. The van der Waals surface area contributed by atoms with Gasteiger partial charge in [0.05, 0.1) is 5.69 Å². The molecule has 0 aliphatic heterocycles. The van der Waals surface area contributed by atoms with E-state index in [9.17, 15) is 4.79 Å². The maximum Gasteiger partial charge on any atom is 0.161 e. The molecule has 0 N–H and O–H groups in total. The van der Waals surface area contributed by atoms with E-state index in [1.54, 1.807) is 6.92 Å². The van der Waals surface area contributed by atoms with Gasteiger partial charge >= 0.3 is 0 Å². The van der Waals surface area contributed by atoms with E-state index in [4.69, 9.17) is 0 Å². The highest BCUT2D eigenvalue weighted by Gasteiger charge is 2.20. The summed E-state index contributed by atoms with van der Waals surface area (Å²) in [5.74, 6) is 0.0813. The molecule has 0 saturated carbocycles. The van der Waals surface area contributed by atoms with Gasteiger partial charge in [-0.25, -0.2) is 0 Å². The molecule has 0 amide bonds. The molecule has 0 fully saturated rings. The molecule has 0 aliphatic carbocycles. The third kappa shape index (κ3) is 3.47. The van der Waals surface area contributed by atoms with Gasteiger partial charge in [-0.15, -0.1) is 0 Å². The summed E-state index contributed by atoms with van der Waals surface area (Å²) in [6.45, 7) is 2.35. The first-order valence-electron chi connectivity index (χ1n) is 9.13. The van der Waals surface area contributed by atoms with Gasteiger partial charge in [0.1, 0.15) is 0 Å². The van der Waals surface area contributed by atoms with Crippen molar-refractivity contribution in [3.8, 4) is 22.5 Å². The molecule has 1 aromatic heterocycles. The Hall–Kier alpha value is -3.39. The predicted molar refractivity (Wildman–Crippen MR) is 111 cm³/mol. The smallest absolute Gasteiger partial charge is 0.161 e. The molecule has 0 radical (unpaired) electrons. The van der Waals surface area contributed by atoms with Crippen LogP contribution in [-0.4, -0.2) is 10.4 Å². The quantitative estimate of drug-likeness (QED) is 0.400. The van der Waals surface area contributed by atoms with Crippen LogP contribution in [0.4, 0.5) is 0 Å². The summed E-state index contributed by atoms with van der Waals surface area (Å²) in [4.78, 5) is 12.5. The monoisotopic (exact) mass is 351 g/mol. The second-order valence-electron chi connectivity index (χ2n) is 6.65. The van der Waals surface area contributed by atoms with Crippen molar-refractivity contribution in [1.29, 1.82) is 0 Å². The zero-order valence-corrected chi connectivity index (χ0v) is 15.3. The SMILES string of the molecule is CC(=O)c1cc(-c2ccccc2)n(Cc2ccccc2)c1-c1ccccc1. The van der Waals surface area contributed by atoms with Crippen LogP contribution in [-0.2, 0) is 6.54 Å². The van der Waals surface area contributed by atoms with Crippen molar-refractivity contribution in [2.75, 3.05) is 0 Å². The van der Waals surface area contributed by atoms with Gasteiger partial charge in [-0.05, 0) is 29.7 Å². The molecule has 4 rings (SSSR count). The fourth-order valence-electron chi connectivity index (χ4n) is 3.50. The van der Waals surface area contributed by atoms with E-state index in [-0.39, 0.29) is 5.78 Å². The number of hydrogen-bond acceptors (Lipinski definition) is 1. The number of nitrogens with zero attached hydrogens (tertiary/aromatic N) is 1. The third-order valence-corrected chi connectivity index (χ3v) is 4.78. The molecule has 0 spiro atoms. The lowest BCUT2D eigenvalue weighted by atomic mass is 10.1. The van der Waals surface area contributed by atoms with E-state index >= 15 is 0 Å². The van der Waals surface area contributed by atoms with Crippen LogP contribution < -0.4 is 0 Å². The number of Topliss-reactive ketones (excluding diaryl/α,β-unsaturated/α-hetero) is 1. The molecule has 132 valence electrons. The summed E-state index contributed by atoms with van der Waals surface area (Å²) < 4.78 is 2.26. The minimum atomic E-state index is 0.0813. The lowest BCUT2D eigenvalue weighted by molar-refractivity contribution is 0.101. The Bertz CT molecular complexity index is 1050. The molecule has 0 saturated heterocycles. The largest absolute Gasteiger partial charge is 0.335 e. The summed E-state index contributed by atoms with van der Waals surface area (Å²) in [6, 6.07) is 32.8. The van der Waals surface area contributed by atoms with E-state index in [1.807, 2.05) is 48.5 Å². The lowest BCUT2D eigenvalue weighted by Crippen LogP contribution is -2.05. The second-order valence-corrected chi connectivity index (χ2v) is 6.65. The van der Waals surface area contributed by atoms with Crippen molar-refractivity contribution < 1.29 is 4.79 Å². The first kappa shape index (κ1) is 17.0. The fourth-order valence-corrected chi connectivity index (χ4v) is 3.50. The van der Waals surface area contributed by atoms with Crippen molar-refractivity contribution in [2.45, 2.75) is 13.5 Å². The van der Waals surface area contributed by atoms with Gasteiger partial charge in [-0.1, -0.05) is 91.0 Å². The minimum absolute atomic E-state index is 0.0813. The van der Waals surface area contributed by atoms with E-state index in [2.05, 4.69) is 53.1 Å². The maximum absolute atomic E-state index is 12.5. The molecule has 0 aliphatic rings. The van der Waals surface area contributed by atoms with E-state index in [0.717, 1.165) is 28.1 Å². The summed E-state index contributed by atoms with van der Waals surface area (Å²) in [7, 11) is 0. The first-order chi connectivity index (χ1) is 13.2. The molecular formula is C25H21NO.